The average molecular weight is 1330 g/mol. The minimum Gasteiger partial charge on any atom is -0.394 e. The smallest absolute Gasteiger partial charge is 0.224 e. The third-order valence-corrected chi connectivity index (χ3v) is 17.5. The van der Waals surface area contributed by atoms with Crippen molar-refractivity contribution in [2.45, 2.75) is 221 Å². The molecule has 0 aliphatic carbocycles. The van der Waals surface area contributed by atoms with Crippen molar-refractivity contribution >= 4 is 5.91 Å². The van der Waals surface area contributed by atoms with E-state index in [4.69, 9.17) is 66.3 Å². The molecule has 36 nitrogen and oxygen atoms in total. The van der Waals surface area contributed by atoms with Crippen LogP contribution in [0, 0.1) is 0 Å². The number of nitrogens with one attached hydrogen (secondary N) is 1. The number of aliphatic hydroxyl groups excluding tert-OH is 20. The summed E-state index contributed by atoms with van der Waals surface area (Å²) < 4.78 is 81.4. The zero-order valence-electron chi connectivity index (χ0n) is 48.6. The maximum atomic E-state index is 13.6. The Morgan fingerprint density at radius 2 is 0.500 bits per heavy atom. The van der Waals surface area contributed by atoms with Crippen molar-refractivity contribution in [3.63, 3.8) is 0 Å². The number of carbonyl (C=O) groups excluding carboxylic acids is 1. The third kappa shape index (κ3) is 14.7. The van der Waals surface area contributed by atoms with Crippen LogP contribution in [0.5, 0.6) is 0 Å². The molecule has 0 aromatic heterocycles. The highest BCUT2D eigenvalue weighted by Crippen LogP contribution is 2.39. The molecule has 35 atom stereocenters. The standard InChI is InChI=1S/C56H81NO35/c58-12-22-44-31(67)38(74)52(81-22)89-46-24(14-60)83-54(40(76)33(46)69)91-48-26(16-62)85-56(42(78)35(48)71)92-49-27(17-63)84-55(41(77)34(49)70)90-47-25(15-61)82-53(39(75)32(47)68)88-45-23(13-59)80-51(37(73)30(45)66)86-43-21(79-50(87-44)36(72)29(43)65)11-57-28(64)10-18-6-8-20(9-7-18)19-4-2-1-3-5-19/h1-9,21-27,29-56,58-63,65-78H,10-17H2,(H,57,64)/t21-,22-,23-,24-,25-,26-,27-,29-,30-,31-,32-,33-,34-,35-,36-,37-,38+,39-,40+,41-,42-,43-,44-,45-,46-,47-,48-,49-,50-,51-,52-,53-,54-,55-,56-/m1/s1. The van der Waals surface area contributed by atoms with E-state index < -0.39 is 267 Å². The van der Waals surface area contributed by atoms with E-state index in [1.807, 2.05) is 30.3 Å². The van der Waals surface area contributed by atoms with Crippen LogP contribution in [0.4, 0.5) is 0 Å². The number of benzene rings is 2. The zero-order valence-corrected chi connectivity index (χ0v) is 48.6. The van der Waals surface area contributed by atoms with Crippen LogP contribution >= 0.6 is 0 Å². The summed E-state index contributed by atoms with van der Waals surface area (Å²) in [7, 11) is 0. The molecule has 21 fully saturated rings. The van der Waals surface area contributed by atoms with Crippen LogP contribution in [0.25, 0.3) is 11.1 Å². The molecule has 0 spiro atoms. The maximum absolute atomic E-state index is 13.6. The van der Waals surface area contributed by atoms with Gasteiger partial charge in [0.05, 0.1) is 46.1 Å². The fourth-order valence-electron chi connectivity index (χ4n) is 12.3. The van der Waals surface area contributed by atoms with E-state index >= 15 is 0 Å². The van der Waals surface area contributed by atoms with Gasteiger partial charge >= 0.3 is 0 Å². The first-order valence-electron chi connectivity index (χ1n) is 29.8. The molecule has 21 aliphatic heterocycles. The topological polar surface area (TPSA) is 563 Å². The Morgan fingerprint density at radius 1 is 0.283 bits per heavy atom. The normalized spacial score (nSPS) is 48.1. The van der Waals surface area contributed by atoms with Gasteiger partial charge in [-0.2, -0.15) is 0 Å². The van der Waals surface area contributed by atoms with Gasteiger partial charge in [-0.05, 0) is 16.7 Å². The predicted molar refractivity (Wildman–Crippen MR) is 290 cm³/mol. The molecule has 23 rings (SSSR count). The van der Waals surface area contributed by atoms with Crippen molar-refractivity contribution in [2.75, 3.05) is 46.2 Å². The molecule has 2 aromatic carbocycles. The second-order valence-corrected chi connectivity index (χ2v) is 23.5. The highest BCUT2D eigenvalue weighted by molar-refractivity contribution is 5.79. The SMILES string of the molecule is O=C(Cc1ccc(-c2ccccc2)cc1)NC[C@H]1O[C@@H]2O[C@H]3[C@H](O)[C@H](O)[C@@H](O[C@H]4[C@H](O)[C@H](O)[C@@H](O[C@H]5[C@H](O)[C@@H](O)[C@@H](O[C@H]6[C@H](O)[C@@H](O)[C@@H](O[C@H]7[C@H](O)[C@@H](O)[C@@H](O[C@H]8[C@H](O)[C@@H](O)[C@@H](O[C@H]1[C@H](O)[C@H]2O)O[C@@H]8CO)O[C@@H]7CO)O[C@@H]6CO)O[C@@H]5CO)O[C@@H]4CO)O[C@@H]3CO. The molecule has 0 saturated carbocycles. The van der Waals surface area contributed by atoms with E-state index in [-0.39, 0.29) is 6.42 Å². The van der Waals surface area contributed by atoms with Crippen LogP contribution in [0.1, 0.15) is 5.56 Å². The van der Waals surface area contributed by atoms with Crippen LogP contribution in [0.15, 0.2) is 54.6 Å². The Hall–Kier alpha value is -3.45. The highest BCUT2D eigenvalue weighted by atomic mass is 16.8. The summed E-state index contributed by atoms with van der Waals surface area (Å²) >= 11 is 0. The first-order chi connectivity index (χ1) is 44.0. The first kappa shape index (κ1) is 71.3. The van der Waals surface area contributed by atoms with Crippen molar-refractivity contribution in [2.24, 2.45) is 0 Å². The van der Waals surface area contributed by atoms with Crippen LogP contribution in [0.2, 0.25) is 0 Å². The van der Waals surface area contributed by atoms with E-state index in [0.29, 0.717) is 5.56 Å². The second-order valence-electron chi connectivity index (χ2n) is 23.5. The quantitative estimate of drug-likeness (QED) is 0.0993. The molecule has 21 aliphatic rings. The van der Waals surface area contributed by atoms with Gasteiger partial charge in [-0.3, -0.25) is 4.79 Å². The Morgan fingerprint density at radius 3 is 0.739 bits per heavy atom. The van der Waals surface area contributed by atoms with Crippen LogP contribution < -0.4 is 5.32 Å². The van der Waals surface area contributed by atoms with Gasteiger partial charge in [0.2, 0.25) is 5.91 Å². The van der Waals surface area contributed by atoms with Gasteiger partial charge in [0.25, 0.3) is 0 Å². The molecule has 36 heteroatoms. The fourth-order valence-corrected chi connectivity index (χ4v) is 12.3. The number of hydrogen-bond donors (Lipinski definition) is 21. The Bertz CT molecular complexity index is 2610. The van der Waals surface area contributed by atoms with E-state index in [1.54, 1.807) is 24.3 Å². The number of aliphatic hydroxyl groups is 20. The van der Waals surface area contributed by atoms with E-state index in [1.165, 1.54) is 0 Å². The minimum atomic E-state index is -2.26. The average Bonchev–Trinajstić information content (AvgIpc) is 0.802. The summed E-state index contributed by atoms with van der Waals surface area (Å²) in [4.78, 5) is 13.6. The monoisotopic (exact) mass is 1330 g/mol. The molecule has 0 unspecified atom stereocenters. The molecule has 21 N–H and O–H groups in total. The first-order valence-corrected chi connectivity index (χ1v) is 29.8. The van der Waals surface area contributed by atoms with Crippen molar-refractivity contribution in [1.29, 1.82) is 0 Å². The Kier molecular flexibility index (Phi) is 24.0. The summed E-state index contributed by atoms with van der Waals surface area (Å²) in [5, 5.41) is 227. The summed E-state index contributed by atoms with van der Waals surface area (Å²) in [5.41, 5.74) is 2.31. The Labute approximate surface area is 522 Å². The largest absolute Gasteiger partial charge is 0.394 e. The summed E-state index contributed by atoms with van der Waals surface area (Å²) in [6.07, 6.45) is -71.4. The second kappa shape index (κ2) is 31.0. The van der Waals surface area contributed by atoms with Crippen molar-refractivity contribution in [3.05, 3.63) is 60.2 Å². The van der Waals surface area contributed by atoms with Crippen molar-refractivity contribution in [1.82, 2.24) is 5.32 Å². The molecule has 21 saturated heterocycles. The molecule has 21 heterocycles. The lowest BCUT2D eigenvalue weighted by atomic mass is 9.95. The molecule has 2 aromatic rings. The summed E-state index contributed by atoms with van der Waals surface area (Å²) in [6.45, 7) is -7.00. The Balaban J connectivity index is 0.933. The van der Waals surface area contributed by atoms with Gasteiger partial charge in [-0.25, -0.2) is 0 Å². The van der Waals surface area contributed by atoms with Gasteiger partial charge in [0, 0.05) is 6.54 Å². The molecular weight excluding hydrogens is 1250 g/mol. The molecule has 520 valence electrons. The molecule has 92 heavy (non-hydrogen) atoms. The van der Waals surface area contributed by atoms with Crippen molar-refractivity contribution in [3.8, 4) is 11.1 Å². The summed E-state index contributed by atoms with van der Waals surface area (Å²) in [6, 6.07) is 16.4. The molecule has 0 radical (unpaired) electrons. The van der Waals surface area contributed by atoms with Crippen LogP contribution in [0.3, 0.4) is 0 Å². The molecule has 1 amide bonds. The molecular formula is C56H81NO35. The predicted octanol–water partition coefficient (Wildman–Crippen LogP) is -12.2. The van der Waals surface area contributed by atoms with Gasteiger partial charge in [-0.1, -0.05) is 54.6 Å². The number of hydrogen-bond acceptors (Lipinski definition) is 35. The van der Waals surface area contributed by atoms with Crippen LogP contribution in [-0.2, 0) is 77.5 Å². The molecule has 14 bridgehead atoms. The van der Waals surface area contributed by atoms with Gasteiger partial charge < -0.3 is 174 Å². The van der Waals surface area contributed by atoms with E-state index in [0.717, 1.165) is 11.1 Å². The number of rotatable bonds is 11. The number of ether oxygens (including phenoxy) is 14. The zero-order chi connectivity index (χ0) is 66.1. The lowest BCUT2D eigenvalue weighted by Gasteiger charge is -2.50. The third-order valence-electron chi connectivity index (χ3n) is 17.5. The lowest BCUT2D eigenvalue weighted by Crippen LogP contribution is -2.68. The van der Waals surface area contributed by atoms with Gasteiger partial charge in [0.1, 0.15) is 171 Å². The van der Waals surface area contributed by atoms with E-state index in [9.17, 15) is 107 Å². The van der Waals surface area contributed by atoms with E-state index in [2.05, 4.69) is 5.32 Å². The van der Waals surface area contributed by atoms with Gasteiger partial charge in [0.15, 0.2) is 44.0 Å². The minimum absolute atomic E-state index is 0.223. The van der Waals surface area contributed by atoms with Gasteiger partial charge in [-0.15, -0.1) is 0 Å². The number of carbonyl (C=O) groups is 1. The van der Waals surface area contributed by atoms with Crippen molar-refractivity contribution < 1.29 is 173 Å². The van der Waals surface area contributed by atoms with Crippen LogP contribution in [-0.4, -0.2) is 369 Å². The summed E-state index contributed by atoms with van der Waals surface area (Å²) in [5.74, 6) is -0.632. The lowest BCUT2D eigenvalue weighted by molar-refractivity contribution is -0.396. The maximum Gasteiger partial charge on any atom is 0.224 e. The highest BCUT2D eigenvalue weighted by Gasteiger charge is 2.59. The fraction of sp³-hybridized carbons (Fsp3) is 0.768. The number of amides is 1.